The van der Waals surface area contributed by atoms with Crippen molar-refractivity contribution >= 4 is 45.1 Å². The summed E-state index contributed by atoms with van der Waals surface area (Å²) in [5.41, 5.74) is 0. The van der Waals surface area contributed by atoms with Gasteiger partial charge in [-0.05, 0) is 26.3 Å². The Morgan fingerprint density at radius 3 is 2.83 bits per heavy atom. The van der Waals surface area contributed by atoms with Crippen molar-refractivity contribution in [3.63, 3.8) is 0 Å². The molecule has 2 amide bonds. The zero-order valence-electron chi connectivity index (χ0n) is 13.4. The van der Waals surface area contributed by atoms with Crippen molar-refractivity contribution in [1.82, 2.24) is 20.6 Å². The number of thioether (sulfide) groups is 1. The summed E-state index contributed by atoms with van der Waals surface area (Å²) in [5, 5.41) is 7.15. The number of amides is 2. The highest BCUT2D eigenvalue weighted by molar-refractivity contribution is 8.00. The number of aromatic nitrogens is 2. The van der Waals surface area contributed by atoms with Crippen LogP contribution in [-0.2, 0) is 16.0 Å². The number of fused-ring (bicyclic) bond motifs is 1. The molecule has 6 nitrogen and oxygen atoms in total. The van der Waals surface area contributed by atoms with E-state index in [1.54, 1.807) is 18.3 Å². The molecule has 0 radical (unpaired) electrons. The molecule has 1 atom stereocenters. The van der Waals surface area contributed by atoms with Gasteiger partial charge in [-0.2, -0.15) is 0 Å². The summed E-state index contributed by atoms with van der Waals surface area (Å²) in [7, 11) is 0. The second-order valence-corrected chi connectivity index (χ2v) is 7.02. The van der Waals surface area contributed by atoms with Crippen LogP contribution in [0.25, 0.3) is 10.2 Å². The van der Waals surface area contributed by atoms with Gasteiger partial charge in [-0.1, -0.05) is 18.7 Å². The lowest BCUT2D eigenvalue weighted by Gasteiger charge is -2.13. The molecule has 0 bridgehead atoms. The van der Waals surface area contributed by atoms with E-state index in [0.717, 1.165) is 21.7 Å². The lowest BCUT2D eigenvalue weighted by Crippen LogP contribution is -2.45. The van der Waals surface area contributed by atoms with Gasteiger partial charge in [-0.25, -0.2) is 9.97 Å². The van der Waals surface area contributed by atoms with Gasteiger partial charge in [0, 0.05) is 16.8 Å². The lowest BCUT2D eigenvalue weighted by atomic mass is 10.3. The number of thiophene rings is 1. The monoisotopic (exact) mass is 352 g/mol. The van der Waals surface area contributed by atoms with Gasteiger partial charge >= 0.3 is 0 Å². The van der Waals surface area contributed by atoms with E-state index in [1.165, 1.54) is 23.0 Å². The number of aryl methyl sites for hydroxylation is 1. The number of hydrogen-bond donors (Lipinski definition) is 2. The molecule has 2 aromatic heterocycles. The van der Waals surface area contributed by atoms with Crippen molar-refractivity contribution in [3.8, 4) is 0 Å². The Kier molecular flexibility index (Phi) is 6.35. The minimum absolute atomic E-state index is 0.180. The minimum Gasteiger partial charge on any atom is -0.355 e. The van der Waals surface area contributed by atoms with Crippen molar-refractivity contribution in [2.75, 3.05) is 12.3 Å². The molecule has 2 rings (SSSR count). The Bertz CT molecular complexity index is 702. The van der Waals surface area contributed by atoms with E-state index in [0.29, 0.717) is 6.54 Å². The molecule has 23 heavy (non-hydrogen) atoms. The van der Waals surface area contributed by atoms with Crippen molar-refractivity contribution in [1.29, 1.82) is 0 Å². The van der Waals surface area contributed by atoms with E-state index in [1.807, 2.05) is 6.92 Å². The van der Waals surface area contributed by atoms with Crippen LogP contribution in [-0.4, -0.2) is 40.1 Å². The molecule has 0 unspecified atom stereocenters. The van der Waals surface area contributed by atoms with Gasteiger partial charge < -0.3 is 10.6 Å². The summed E-state index contributed by atoms with van der Waals surface area (Å²) in [6.45, 7) is 6.16. The van der Waals surface area contributed by atoms with Crippen LogP contribution in [0.5, 0.6) is 0 Å². The summed E-state index contributed by atoms with van der Waals surface area (Å²) in [6.07, 6.45) is 2.48. The minimum atomic E-state index is -0.540. The van der Waals surface area contributed by atoms with Crippen LogP contribution in [0.1, 0.15) is 25.6 Å². The number of carbonyl (C=O) groups is 2. The lowest BCUT2D eigenvalue weighted by molar-refractivity contribution is -0.127. The molecule has 0 aliphatic heterocycles. The van der Waals surface area contributed by atoms with Gasteiger partial charge in [0.15, 0.2) is 0 Å². The number of nitrogens with one attached hydrogen (secondary N) is 2. The average Bonchev–Trinajstić information content (AvgIpc) is 2.96. The molecular weight excluding hydrogens is 332 g/mol. The Morgan fingerprint density at radius 1 is 1.35 bits per heavy atom. The molecule has 0 saturated heterocycles. The van der Waals surface area contributed by atoms with Crippen molar-refractivity contribution in [2.24, 2.45) is 0 Å². The molecule has 0 aliphatic carbocycles. The second kappa shape index (κ2) is 8.26. The molecule has 124 valence electrons. The van der Waals surface area contributed by atoms with Crippen LogP contribution in [0.4, 0.5) is 0 Å². The van der Waals surface area contributed by atoms with Crippen LogP contribution in [0, 0.1) is 0 Å². The maximum Gasteiger partial charge on any atom is 0.242 e. The van der Waals surface area contributed by atoms with E-state index in [-0.39, 0.29) is 17.6 Å². The third-order valence-corrected chi connectivity index (χ3v) is 5.35. The van der Waals surface area contributed by atoms with Gasteiger partial charge in [0.1, 0.15) is 22.2 Å². The van der Waals surface area contributed by atoms with Crippen molar-refractivity contribution in [3.05, 3.63) is 17.3 Å². The van der Waals surface area contributed by atoms with E-state index >= 15 is 0 Å². The highest BCUT2D eigenvalue weighted by Crippen LogP contribution is 2.30. The Hall–Kier alpha value is -1.67. The first kappa shape index (κ1) is 17.7. The molecule has 0 fully saturated rings. The van der Waals surface area contributed by atoms with Crippen LogP contribution in [0.15, 0.2) is 17.4 Å². The highest BCUT2D eigenvalue weighted by Gasteiger charge is 2.16. The molecule has 2 aromatic rings. The molecule has 2 heterocycles. The molecule has 0 aliphatic rings. The number of rotatable bonds is 7. The number of nitrogens with zero attached hydrogens (tertiary/aromatic N) is 2. The van der Waals surface area contributed by atoms with Crippen LogP contribution >= 0.6 is 23.1 Å². The maximum atomic E-state index is 12.0. The number of likely N-dealkylation sites (N-methyl/N-ethyl adjacent to an activating group) is 1. The predicted molar refractivity (Wildman–Crippen MR) is 93.8 cm³/mol. The smallest absolute Gasteiger partial charge is 0.242 e. The number of hydrogen-bond acceptors (Lipinski definition) is 6. The quantitative estimate of drug-likeness (QED) is 0.588. The Morgan fingerprint density at radius 2 is 2.13 bits per heavy atom. The van der Waals surface area contributed by atoms with Crippen LogP contribution < -0.4 is 10.6 Å². The van der Waals surface area contributed by atoms with Crippen molar-refractivity contribution in [2.45, 2.75) is 38.3 Å². The first-order valence-electron chi connectivity index (χ1n) is 7.48. The molecule has 8 heteroatoms. The predicted octanol–water partition coefficient (Wildman–Crippen LogP) is 1.99. The third-order valence-electron chi connectivity index (χ3n) is 3.15. The summed E-state index contributed by atoms with van der Waals surface area (Å²) in [4.78, 5) is 34.3. The summed E-state index contributed by atoms with van der Waals surface area (Å²) in [6, 6.07) is 1.54. The Labute approximate surface area is 143 Å². The number of carbonyl (C=O) groups excluding carboxylic acids is 2. The van der Waals surface area contributed by atoms with Gasteiger partial charge in [0.25, 0.3) is 0 Å². The van der Waals surface area contributed by atoms with E-state index in [4.69, 9.17) is 0 Å². The zero-order chi connectivity index (χ0) is 16.8. The van der Waals surface area contributed by atoms with E-state index in [2.05, 4.69) is 33.6 Å². The largest absolute Gasteiger partial charge is 0.355 e. The van der Waals surface area contributed by atoms with Crippen LogP contribution in [0.3, 0.4) is 0 Å². The second-order valence-electron chi connectivity index (χ2n) is 4.94. The maximum absolute atomic E-state index is 12.0. The first-order chi connectivity index (χ1) is 11.0. The fourth-order valence-electron chi connectivity index (χ4n) is 1.98. The van der Waals surface area contributed by atoms with Gasteiger partial charge in [0.05, 0.1) is 5.75 Å². The Balaban J connectivity index is 1.96. The van der Waals surface area contributed by atoms with E-state index < -0.39 is 6.04 Å². The highest BCUT2D eigenvalue weighted by atomic mass is 32.2. The topological polar surface area (TPSA) is 84.0 Å². The molecular formula is C15H20N4O2S2. The fraction of sp³-hybridized carbons (Fsp3) is 0.467. The van der Waals surface area contributed by atoms with Gasteiger partial charge in [0.2, 0.25) is 11.8 Å². The third kappa shape index (κ3) is 4.65. The van der Waals surface area contributed by atoms with Gasteiger partial charge in [-0.3, -0.25) is 9.59 Å². The van der Waals surface area contributed by atoms with Gasteiger partial charge in [-0.15, -0.1) is 11.3 Å². The SMILES string of the molecule is CCNC(=O)[C@H](C)NC(=O)CSc1ncnc2sc(CC)cc12. The van der Waals surface area contributed by atoms with Crippen LogP contribution in [0.2, 0.25) is 0 Å². The zero-order valence-corrected chi connectivity index (χ0v) is 15.0. The first-order valence-corrected chi connectivity index (χ1v) is 9.28. The summed E-state index contributed by atoms with van der Waals surface area (Å²) >= 11 is 3.01. The molecule has 0 saturated carbocycles. The van der Waals surface area contributed by atoms with Crippen molar-refractivity contribution < 1.29 is 9.59 Å². The normalized spacial score (nSPS) is 12.1. The summed E-state index contributed by atoms with van der Waals surface area (Å²) in [5.74, 6) is -0.153. The molecule has 0 spiro atoms. The molecule has 0 aromatic carbocycles. The standard InChI is InChI=1S/C15H20N4O2S2/c1-4-10-6-11-14(17-8-18-15(11)23-10)22-7-12(20)19-9(3)13(21)16-5-2/h6,8-9H,4-5,7H2,1-3H3,(H,16,21)(H,19,20)/t9-/m0/s1. The average molecular weight is 352 g/mol. The fourth-order valence-corrected chi connectivity index (χ4v) is 3.77. The molecule has 2 N–H and O–H groups in total. The van der Waals surface area contributed by atoms with E-state index in [9.17, 15) is 9.59 Å². The summed E-state index contributed by atoms with van der Waals surface area (Å²) < 4.78 is 0.